The normalized spacial score (nSPS) is 10.3. The van der Waals surface area contributed by atoms with Gasteiger partial charge in [0.1, 0.15) is 0 Å². The number of ether oxygens (including phenoxy) is 1. The zero-order valence-corrected chi connectivity index (χ0v) is 12.0. The summed E-state index contributed by atoms with van der Waals surface area (Å²) in [5, 5.41) is 3.08. The minimum atomic E-state index is 0.613. The molecule has 2 rings (SSSR count). The van der Waals surface area contributed by atoms with Crippen molar-refractivity contribution in [3.8, 4) is 5.88 Å². The van der Waals surface area contributed by atoms with E-state index in [4.69, 9.17) is 4.74 Å². The summed E-state index contributed by atoms with van der Waals surface area (Å²) in [7, 11) is 0. The molecule has 0 fully saturated rings. The van der Waals surface area contributed by atoms with Crippen molar-refractivity contribution in [2.75, 3.05) is 18.5 Å². The van der Waals surface area contributed by atoms with E-state index in [1.807, 2.05) is 38.4 Å². The summed E-state index contributed by atoms with van der Waals surface area (Å²) in [6, 6.07) is 4.05. The fourth-order valence-electron chi connectivity index (χ4n) is 1.81. The first-order valence-electron chi connectivity index (χ1n) is 6.89. The predicted octanol–water partition coefficient (Wildman–Crippen LogP) is 2.62. The largest absolute Gasteiger partial charge is 0.477 e. The lowest BCUT2D eigenvalue weighted by molar-refractivity contribution is 0.297. The molecule has 0 bridgehead atoms. The van der Waals surface area contributed by atoms with Crippen LogP contribution in [0.4, 0.5) is 5.95 Å². The van der Waals surface area contributed by atoms with Crippen LogP contribution < -0.4 is 10.1 Å². The Kier molecular flexibility index (Phi) is 5.29. The molecule has 0 aliphatic heterocycles. The molecule has 2 aromatic rings. The quantitative estimate of drug-likeness (QED) is 0.785. The van der Waals surface area contributed by atoms with Gasteiger partial charge in [-0.3, -0.25) is 4.98 Å². The molecule has 20 heavy (non-hydrogen) atoms. The van der Waals surface area contributed by atoms with Crippen LogP contribution in [-0.4, -0.2) is 28.1 Å². The maximum Gasteiger partial charge on any atom is 0.225 e. The van der Waals surface area contributed by atoms with Crippen LogP contribution in [-0.2, 0) is 6.42 Å². The Balaban J connectivity index is 1.83. The Bertz CT molecular complexity index is 531. The number of anilines is 1. The highest BCUT2D eigenvalue weighted by molar-refractivity contribution is 5.32. The van der Waals surface area contributed by atoms with Crippen molar-refractivity contribution in [2.45, 2.75) is 26.7 Å². The molecule has 2 heterocycles. The molecule has 0 amide bonds. The van der Waals surface area contributed by atoms with Gasteiger partial charge in [0.2, 0.25) is 11.8 Å². The molecule has 0 atom stereocenters. The Morgan fingerprint density at radius 1 is 1.25 bits per heavy atom. The molecule has 2 aromatic heterocycles. The smallest absolute Gasteiger partial charge is 0.225 e. The zero-order valence-electron chi connectivity index (χ0n) is 12.0. The highest BCUT2D eigenvalue weighted by Gasteiger charge is 2.04. The van der Waals surface area contributed by atoms with Crippen molar-refractivity contribution >= 4 is 5.95 Å². The average molecular weight is 272 g/mol. The van der Waals surface area contributed by atoms with Crippen molar-refractivity contribution < 1.29 is 4.74 Å². The van der Waals surface area contributed by atoms with E-state index in [0.717, 1.165) is 24.9 Å². The molecular formula is C15H20N4O. The van der Waals surface area contributed by atoms with Crippen molar-refractivity contribution in [1.82, 2.24) is 15.0 Å². The Morgan fingerprint density at radius 2 is 2.05 bits per heavy atom. The van der Waals surface area contributed by atoms with E-state index in [2.05, 4.69) is 20.3 Å². The second-order valence-electron chi connectivity index (χ2n) is 4.52. The first kappa shape index (κ1) is 14.2. The van der Waals surface area contributed by atoms with E-state index >= 15 is 0 Å². The second kappa shape index (κ2) is 7.43. The van der Waals surface area contributed by atoms with Crippen LogP contribution >= 0.6 is 0 Å². The summed E-state index contributed by atoms with van der Waals surface area (Å²) >= 11 is 0. The van der Waals surface area contributed by atoms with Gasteiger partial charge in [-0.15, -0.1) is 0 Å². The average Bonchev–Trinajstić information content (AvgIpc) is 2.48. The summed E-state index contributed by atoms with van der Waals surface area (Å²) in [5.74, 6) is 1.27. The molecule has 106 valence electrons. The Morgan fingerprint density at radius 3 is 2.80 bits per heavy atom. The molecule has 0 unspecified atom stereocenters. The van der Waals surface area contributed by atoms with Gasteiger partial charge in [0, 0.05) is 30.7 Å². The lowest BCUT2D eigenvalue weighted by Gasteiger charge is -2.09. The third-order valence-electron chi connectivity index (χ3n) is 2.86. The Hall–Kier alpha value is -2.17. The molecule has 0 aromatic carbocycles. The fraction of sp³-hybridized carbons (Fsp3) is 0.400. The van der Waals surface area contributed by atoms with E-state index in [1.54, 1.807) is 6.20 Å². The number of aromatic nitrogens is 3. The van der Waals surface area contributed by atoms with Crippen molar-refractivity contribution in [3.63, 3.8) is 0 Å². The lowest BCUT2D eigenvalue weighted by Crippen LogP contribution is -2.07. The number of aryl methyl sites for hydroxylation is 2. The van der Waals surface area contributed by atoms with E-state index in [-0.39, 0.29) is 0 Å². The van der Waals surface area contributed by atoms with Gasteiger partial charge in [-0.1, -0.05) is 0 Å². The Labute approximate surface area is 119 Å². The maximum absolute atomic E-state index is 5.74. The van der Waals surface area contributed by atoms with E-state index in [9.17, 15) is 0 Å². The van der Waals surface area contributed by atoms with Crippen LogP contribution in [0, 0.1) is 6.92 Å². The van der Waals surface area contributed by atoms with Crippen LogP contribution in [0.15, 0.2) is 30.7 Å². The zero-order chi connectivity index (χ0) is 14.2. The molecule has 0 aliphatic carbocycles. The van der Waals surface area contributed by atoms with E-state index in [0.29, 0.717) is 18.4 Å². The maximum atomic E-state index is 5.74. The lowest BCUT2D eigenvalue weighted by atomic mass is 10.1. The van der Waals surface area contributed by atoms with Gasteiger partial charge in [0.25, 0.3) is 0 Å². The fourth-order valence-corrected chi connectivity index (χ4v) is 1.81. The minimum Gasteiger partial charge on any atom is -0.477 e. The first-order valence-corrected chi connectivity index (χ1v) is 6.89. The van der Waals surface area contributed by atoms with Gasteiger partial charge >= 0.3 is 0 Å². The van der Waals surface area contributed by atoms with E-state index in [1.165, 1.54) is 5.56 Å². The number of pyridine rings is 1. The topological polar surface area (TPSA) is 59.9 Å². The minimum absolute atomic E-state index is 0.613. The third-order valence-corrected chi connectivity index (χ3v) is 2.86. The highest BCUT2D eigenvalue weighted by Crippen LogP contribution is 2.15. The van der Waals surface area contributed by atoms with Crippen LogP contribution in [0.1, 0.15) is 24.5 Å². The summed E-state index contributed by atoms with van der Waals surface area (Å²) in [6.45, 7) is 5.41. The standard InChI is InChI=1S/C15H20N4O/c1-3-17-15-18-11-12(2)14(19-15)20-10-4-5-13-6-8-16-9-7-13/h6-9,11H,3-5,10H2,1-2H3,(H,17,18,19). The number of hydrogen-bond acceptors (Lipinski definition) is 5. The van der Waals surface area contributed by atoms with Crippen LogP contribution in [0.25, 0.3) is 0 Å². The van der Waals surface area contributed by atoms with Crippen LogP contribution in [0.5, 0.6) is 5.88 Å². The number of nitrogens with one attached hydrogen (secondary N) is 1. The number of hydrogen-bond donors (Lipinski definition) is 1. The van der Waals surface area contributed by atoms with Gasteiger partial charge in [0.15, 0.2) is 0 Å². The summed E-state index contributed by atoms with van der Waals surface area (Å²) < 4.78 is 5.74. The molecule has 5 nitrogen and oxygen atoms in total. The highest BCUT2D eigenvalue weighted by atomic mass is 16.5. The molecule has 0 saturated carbocycles. The van der Waals surface area contributed by atoms with Crippen LogP contribution in [0.3, 0.4) is 0 Å². The molecule has 5 heteroatoms. The van der Waals surface area contributed by atoms with Gasteiger partial charge in [-0.05, 0) is 44.4 Å². The van der Waals surface area contributed by atoms with Gasteiger partial charge in [-0.2, -0.15) is 4.98 Å². The second-order valence-corrected chi connectivity index (χ2v) is 4.52. The van der Waals surface area contributed by atoms with Gasteiger partial charge < -0.3 is 10.1 Å². The van der Waals surface area contributed by atoms with Crippen molar-refractivity contribution in [3.05, 3.63) is 41.9 Å². The van der Waals surface area contributed by atoms with Crippen molar-refractivity contribution in [2.24, 2.45) is 0 Å². The monoisotopic (exact) mass is 272 g/mol. The molecule has 1 N–H and O–H groups in total. The van der Waals surface area contributed by atoms with Crippen molar-refractivity contribution in [1.29, 1.82) is 0 Å². The summed E-state index contributed by atoms with van der Waals surface area (Å²) in [4.78, 5) is 12.6. The first-order chi connectivity index (χ1) is 9.79. The van der Waals surface area contributed by atoms with Crippen LogP contribution in [0.2, 0.25) is 0 Å². The number of rotatable bonds is 7. The third kappa shape index (κ3) is 4.19. The summed E-state index contributed by atoms with van der Waals surface area (Å²) in [6.07, 6.45) is 7.33. The SMILES string of the molecule is CCNc1ncc(C)c(OCCCc2ccncc2)n1. The summed E-state index contributed by atoms with van der Waals surface area (Å²) in [5.41, 5.74) is 2.23. The number of nitrogens with zero attached hydrogens (tertiary/aromatic N) is 3. The van der Waals surface area contributed by atoms with E-state index < -0.39 is 0 Å². The molecule has 0 aliphatic rings. The van der Waals surface area contributed by atoms with Gasteiger partial charge in [-0.25, -0.2) is 4.98 Å². The molecule has 0 radical (unpaired) electrons. The van der Waals surface area contributed by atoms with Gasteiger partial charge in [0.05, 0.1) is 6.61 Å². The molecule has 0 saturated heterocycles. The predicted molar refractivity (Wildman–Crippen MR) is 79.0 cm³/mol. The molecule has 0 spiro atoms. The molecular weight excluding hydrogens is 252 g/mol.